The van der Waals surface area contributed by atoms with Crippen LogP contribution in [0, 0.1) is 5.41 Å². The van der Waals surface area contributed by atoms with Crippen LogP contribution < -0.4 is 5.32 Å². The molecular weight excluding hydrogens is 218 g/mol. The fourth-order valence-electron chi connectivity index (χ4n) is 3.43. The summed E-state index contributed by atoms with van der Waals surface area (Å²) in [7, 11) is 0. The molecule has 0 aromatic carbocycles. The molecule has 88 valence electrons. The number of hydrogen-bond donors (Lipinski definition) is 1. The molecule has 3 nitrogen and oxygen atoms in total. The molecule has 0 radical (unpaired) electrons. The van der Waals surface area contributed by atoms with Crippen LogP contribution in [0.2, 0.25) is 0 Å². The first-order chi connectivity index (χ1) is 7.86. The van der Waals surface area contributed by atoms with Gasteiger partial charge in [-0.2, -0.15) is 0 Å². The molecule has 1 aromatic rings. The Morgan fingerprint density at radius 3 is 2.56 bits per heavy atom. The molecule has 2 aliphatic rings. The van der Waals surface area contributed by atoms with Gasteiger partial charge in [-0.3, -0.25) is 0 Å². The Labute approximate surface area is 101 Å². The third-order valence-corrected chi connectivity index (χ3v) is 5.01. The zero-order valence-electron chi connectivity index (χ0n) is 9.61. The van der Waals surface area contributed by atoms with Gasteiger partial charge in [-0.05, 0) is 43.9 Å². The molecule has 1 spiro atoms. The minimum absolute atomic E-state index is 0.661. The van der Waals surface area contributed by atoms with E-state index >= 15 is 0 Å². The van der Waals surface area contributed by atoms with Crippen molar-refractivity contribution < 1.29 is 0 Å². The van der Waals surface area contributed by atoms with Gasteiger partial charge in [0.15, 0.2) is 0 Å². The molecule has 2 saturated carbocycles. The van der Waals surface area contributed by atoms with E-state index in [1.807, 2.05) is 6.20 Å². The number of nitrogens with one attached hydrogen (secondary N) is 1. The van der Waals surface area contributed by atoms with Crippen molar-refractivity contribution in [2.75, 3.05) is 5.32 Å². The Bertz CT molecular complexity index is 320. The second-order valence-electron chi connectivity index (χ2n) is 5.41. The van der Waals surface area contributed by atoms with Crippen LogP contribution >= 0.6 is 11.5 Å². The lowest BCUT2D eigenvalue weighted by Gasteiger charge is -2.37. The summed E-state index contributed by atoms with van der Waals surface area (Å²) in [5.41, 5.74) is 0.740. The summed E-state index contributed by atoms with van der Waals surface area (Å²) in [6.45, 7) is 0. The average molecular weight is 237 g/mol. The van der Waals surface area contributed by atoms with Gasteiger partial charge in [0.1, 0.15) is 5.00 Å². The molecule has 2 aliphatic carbocycles. The third-order valence-electron chi connectivity index (χ3n) is 4.42. The summed E-state index contributed by atoms with van der Waals surface area (Å²) in [6, 6.07) is 0.661. The van der Waals surface area contributed by atoms with Crippen LogP contribution in [0.5, 0.6) is 0 Å². The highest BCUT2D eigenvalue weighted by atomic mass is 32.1. The van der Waals surface area contributed by atoms with Crippen molar-refractivity contribution in [2.45, 2.75) is 57.4 Å². The van der Waals surface area contributed by atoms with E-state index in [1.54, 1.807) is 0 Å². The Morgan fingerprint density at radius 1 is 1.19 bits per heavy atom. The highest BCUT2D eigenvalue weighted by Crippen LogP contribution is 2.49. The largest absolute Gasteiger partial charge is 0.372 e. The van der Waals surface area contributed by atoms with Crippen LogP contribution in [-0.2, 0) is 0 Å². The van der Waals surface area contributed by atoms with E-state index < -0.39 is 0 Å². The molecule has 0 saturated heterocycles. The van der Waals surface area contributed by atoms with Gasteiger partial charge in [-0.15, -0.1) is 5.10 Å². The predicted octanol–water partition coefficient (Wildman–Crippen LogP) is 3.45. The van der Waals surface area contributed by atoms with Crippen molar-refractivity contribution in [3.8, 4) is 0 Å². The number of rotatable bonds is 2. The molecule has 0 atom stereocenters. The van der Waals surface area contributed by atoms with Crippen LogP contribution in [-0.4, -0.2) is 15.6 Å². The highest BCUT2D eigenvalue weighted by Gasteiger charge is 2.37. The van der Waals surface area contributed by atoms with Gasteiger partial charge in [-0.25, -0.2) is 0 Å². The Kier molecular flexibility index (Phi) is 2.84. The molecule has 0 unspecified atom stereocenters. The number of hydrogen-bond acceptors (Lipinski definition) is 4. The lowest BCUT2D eigenvalue weighted by molar-refractivity contribution is 0.188. The zero-order chi connectivity index (χ0) is 10.8. The van der Waals surface area contributed by atoms with E-state index in [-0.39, 0.29) is 0 Å². The van der Waals surface area contributed by atoms with Crippen molar-refractivity contribution in [2.24, 2.45) is 5.41 Å². The molecule has 0 aliphatic heterocycles. The summed E-state index contributed by atoms with van der Waals surface area (Å²) in [4.78, 5) is 0. The van der Waals surface area contributed by atoms with Crippen molar-refractivity contribution in [1.29, 1.82) is 0 Å². The van der Waals surface area contributed by atoms with Crippen molar-refractivity contribution >= 4 is 16.5 Å². The maximum Gasteiger partial charge on any atom is 0.130 e. The van der Waals surface area contributed by atoms with Gasteiger partial charge in [0.2, 0.25) is 0 Å². The van der Waals surface area contributed by atoms with E-state index in [0.29, 0.717) is 6.04 Å². The van der Waals surface area contributed by atoms with Crippen LogP contribution in [0.1, 0.15) is 51.4 Å². The SMILES string of the molecule is c1nnsc1NC1CCC2(CCCC2)CC1. The maximum atomic E-state index is 3.89. The minimum atomic E-state index is 0.661. The van der Waals surface area contributed by atoms with E-state index in [1.165, 1.54) is 62.9 Å². The minimum Gasteiger partial charge on any atom is -0.372 e. The lowest BCUT2D eigenvalue weighted by Crippen LogP contribution is -2.31. The Hall–Kier alpha value is -0.640. The Morgan fingerprint density at radius 2 is 1.94 bits per heavy atom. The second kappa shape index (κ2) is 4.32. The molecule has 0 bridgehead atoms. The number of aromatic nitrogens is 2. The summed E-state index contributed by atoms with van der Waals surface area (Å²) >= 11 is 1.47. The van der Waals surface area contributed by atoms with Crippen LogP contribution in [0.15, 0.2) is 6.20 Å². The quantitative estimate of drug-likeness (QED) is 0.856. The standard InChI is InChI=1S/C12H19N3S/c1-2-6-12(5-1)7-3-10(4-8-12)14-11-9-13-15-16-11/h9-10,14H,1-8H2. The van der Waals surface area contributed by atoms with E-state index in [2.05, 4.69) is 14.9 Å². The molecule has 1 aromatic heterocycles. The van der Waals surface area contributed by atoms with E-state index in [0.717, 1.165) is 10.4 Å². The second-order valence-corrected chi connectivity index (χ2v) is 6.19. The van der Waals surface area contributed by atoms with Gasteiger partial charge >= 0.3 is 0 Å². The fourth-order valence-corrected chi connectivity index (χ4v) is 3.93. The first-order valence-corrected chi connectivity index (χ1v) is 7.18. The summed E-state index contributed by atoms with van der Waals surface area (Å²) in [5.74, 6) is 0. The molecule has 1 N–H and O–H groups in total. The maximum absolute atomic E-state index is 3.89. The van der Waals surface area contributed by atoms with Crippen LogP contribution in [0.3, 0.4) is 0 Å². The molecular formula is C12H19N3S. The first kappa shape index (κ1) is 10.5. The molecule has 16 heavy (non-hydrogen) atoms. The van der Waals surface area contributed by atoms with Crippen molar-refractivity contribution in [3.05, 3.63) is 6.20 Å². The fraction of sp³-hybridized carbons (Fsp3) is 0.833. The van der Waals surface area contributed by atoms with Crippen LogP contribution in [0.25, 0.3) is 0 Å². The topological polar surface area (TPSA) is 37.8 Å². The van der Waals surface area contributed by atoms with Gasteiger partial charge in [0.05, 0.1) is 6.20 Å². The lowest BCUT2D eigenvalue weighted by atomic mass is 9.71. The zero-order valence-corrected chi connectivity index (χ0v) is 10.4. The summed E-state index contributed by atoms with van der Waals surface area (Å²) in [6.07, 6.45) is 13.3. The number of anilines is 1. The normalized spacial score (nSPS) is 25.0. The summed E-state index contributed by atoms with van der Waals surface area (Å²) < 4.78 is 3.89. The third kappa shape index (κ3) is 2.08. The average Bonchev–Trinajstić information content (AvgIpc) is 2.94. The van der Waals surface area contributed by atoms with E-state index in [9.17, 15) is 0 Å². The molecule has 2 fully saturated rings. The van der Waals surface area contributed by atoms with Crippen molar-refractivity contribution in [1.82, 2.24) is 9.59 Å². The molecule has 0 amide bonds. The molecule has 1 heterocycles. The van der Waals surface area contributed by atoms with Gasteiger partial charge in [0, 0.05) is 17.6 Å². The van der Waals surface area contributed by atoms with Gasteiger partial charge in [0.25, 0.3) is 0 Å². The van der Waals surface area contributed by atoms with E-state index in [4.69, 9.17) is 0 Å². The Balaban J connectivity index is 1.54. The predicted molar refractivity (Wildman–Crippen MR) is 66.7 cm³/mol. The van der Waals surface area contributed by atoms with Gasteiger partial charge < -0.3 is 5.32 Å². The van der Waals surface area contributed by atoms with Gasteiger partial charge in [-0.1, -0.05) is 17.3 Å². The summed E-state index contributed by atoms with van der Waals surface area (Å²) in [5, 5.41) is 8.56. The van der Waals surface area contributed by atoms with Crippen molar-refractivity contribution in [3.63, 3.8) is 0 Å². The molecule has 3 rings (SSSR count). The first-order valence-electron chi connectivity index (χ1n) is 6.40. The molecule has 4 heteroatoms. The smallest absolute Gasteiger partial charge is 0.130 e. The van der Waals surface area contributed by atoms with Crippen LogP contribution in [0.4, 0.5) is 5.00 Å². The highest BCUT2D eigenvalue weighted by molar-refractivity contribution is 7.09. The monoisotopic (exact) mass is 237 g/mol. The number of nitrogens with zero attached hydrogens (tertiary/aromatic N) is 2.